The van der Waals surface area contributed by atoms with Gasteiger partial charge in [0.25, 0.3) is 0 Å². The zero-order valence-electron chi connectivity index (χ0n) is 19.3. The second-order valence-corrected chi connectivity index (χ2v) is 9.29. The number of pyridine rings is 1. The summed E-state index contributed by atoms with van der Waals surface area (Å²) < 4.78 is 26.1. The fraction of sp³-hybridized carbons (Fsp3) is 0.370. The van der Waals surface area contributed by atoms with E-state index in [9.17, 15) is 4.39 Å². The Bertz CT molecular complexity index is 1110. The Balaban J connectivity index is 1.34. The topological polar surface area (TPSA) is 34.6 Å². The van der Waals surface area contributed by atoms with E-state index in [1.807, 2.05) is 30.6 Å². The molecule has 3 aromatic rings. The molecule has 0 atom stereocenters. The molecular formula is C27H31FN3O2+. The highest BCUT2D eigenvalue weighted by molar-refractivity contribution is 5.65. The zero-order valence-corrected chi connectivity index (χ0v) is 19.3. The van der Waals surface area contributed by atoms with Gasteiger partial charge in [0.1, 0.15) is 25.6 Å². The number of para-hydroxylation sites is 1. The van der Waals surface area contributed by atoms with Crippen molar-refractivity contribution >= 4 is 5.69 Å². The monoisotopic (exact) mass is 448 g/mol. The van der Waals surface area contributed by atoms with Crippen LogP contribution in [-0.4, -0.2) is 54.9 Å². The lowest BCUT2D eigenvalue weighted by atomic mass is 10.0. The van der Waals surface area contributed by atoms with Crippen LogP contribution in [0, 0.1) is 5.82 Å². The van der Waals surface area contributed by atoms with Crippen molar-refractivity contribution < 1.29 is 18.3 Å². The molecule has 6 heteroatoms. The molecule has 0 radical (unpaired) electrons. The van der Waals surface area contributed by atoms with Crippen LogP contribution >= 0.6 is 0 Å². The van der Waals surface area contributed by atoms with E-state index < -0.39 is 0 Å². The van der Waals surface area contributed by atoms with Gasteiger partial charge in [-0.15, -0.1) is 0 Å². The summed E-state index contributed by atoms with van der Waals surface area (Å²) >= 11 is 0. The first-order valence-electron chi connectivity index (χ1n) is 11.7. The zero-order chi connectivity index (χ0) is 22.8. The number of benzene rings is 2. The molecule has 0 N–H and O–H groups in total. The van der Waals surface area contributed by atoms with Crippen molar-refractivity contribution in [3.8, 4) is 22.6 Å². The van der Waals surface area contributed by atoms with Crippen LogP contribution < -0.4 is 14.4 Å². The molecule has 0 aliphatic carbocycles. The summed E-state index contributed by atoms with van der Waals surface area (Å²) in [5.41, 5.74) is 4.37. The van der Waals surface area contributed by atoms with E-state index in [0.717, 1.165) is 65.5 Å². The molecule has 2 aliphatic heterocycles. The van der Waals surface area contributed by atoms with Crippen molar-refractivity contribution in [1.82, 2.24) is 4.98 Å². The van der Waals surface area contributed by atoms with E-state index in [-0.39, 0.29) is 5.82 Å². The van der Waals surface area contributed by atoms with Crippen LogP contribution in [0.2, 0.25) is 0 Å². The minimum atomic E-state index is -0.221. The van der Waals surface area contributed by atoms with E-state index in [2.05, 4.69) is 41.9 Å². The van der Waals surface area contributed by atoms with E-state index >= 15 is 0 Å². The smallest absolute Gasteiger partial charge is 0.184 e. The Morgan fingerprint density at radius 3 is 2.48 bits per heavy atom. The van der Waals surface area contributed by atoms with Crippen molar-refractivity contribution in [2.45, 2.75) is 26.4 Å². The first-order valence-corrected chi connectivity index (χ1v) is 11.7. The first kappa shape index (κ1) is 21.7. The van der Waals surface area contributed by atoms with Crippen molar-refractivity contribution in [1.29, 1.82) is 0 Å². The summed E-state index contributed by atoms with van der Waals surface area (Å²) in [5, 5.41) is 0. The second kappa shape index (κ2) is 9.02. The SMILES string of the molecule is CC(C)[N+]1(Cc2cncc(-c3ccc(F)cc3)c2)CCN(c2cccc3c2OCCO3)CC1. The lowest BCUT2D eigenvalue weighted by Crippen LogP contribution is -2.62. The summed E-state index contributed by atoms with van der Waals surface area (Å²) in [6, 6.07) is 15.5. The molecule has 0 unspecified atom stereocenters. The van der Waals surface area contributed by atoms with E-state index in [1.165, 1.54) is 17.7 Å². The molecule has 5 nitrogen and oxygen atoms in total. The van der Waals surface area contributed by atoms with Crippen LogP contribution in [0.5, 0.6) is 11.5 Å². The molecule has 0 spiro atoms. The molecule has 3 heterocycles. The molecule has 2 aliphatic rings. The summed E-state index contributed by atoms with van der Waals surface area (Å²) in [6.07, 6.45) is 3.83. The summed E-state index contributed by atoms with van der Waals surface area (Å²) in [4.78, 5) is 6.94. The molecule has 1 saturated heterocycles. The average Bonchev–Trinajstić information content (AvgIpc) is 2.85. The lowest BCUT2D eigenvalue weighted by Gasteiger charge is -2.48. The quantitative estimate of drug-likeness (QED) is 0.520. The molecule has 5 rings (SSSR count). The summed E-state index contributed by atoms with van der Waals surface area (Å²) in [5.74, 6) is 1.50. The number of rotatable bonds is 5. The Morgan fingerprint density at radius 1 is 0.970 bits per heavy atom. The third-order valence-corrected chi connectivity index (χ3v) is 7.08. The number of halogens is 1. The molecule has 33 heavy (non-hydrogen) atoms. The van der Waals surface area contributed by atoms with Gasteiger partial charge < -0.3 is 18.9 Å². The minimum Gasteiger partial charge on any atom is -0.486 e. The standard InChI is InChI=1S/C27H31FN3O2/c1-20(2)31(19-21-16-23(18-29-17-21)22-6-8-24(28)9-7-22)12-10-30(11-13-31)25-4-3-5-26-27(25)33-15-14-32-26/h3-9,16-18,20H,10-15,19H2,1-2H3/q+1. The van der Waals surface area contributed by atoms with Crippen LogP contribution in [-0.2, 0) is 6.54 Å². The summed E-state index contributed by atoms with van der Waals surface area (Å²) in [7, 11) is 0. The van der Waals surface area contributed by atoms with Crippen molar-refractivity contribution in [2.75, 3.05) is 44.3 Å². The Hall–Kier alpha value is -3.12. The Kier molecular flexibility index (Phi) is 5.94. The maximum atomic E-state index is 13.3. The highest BCUT2D eigenvalue weighted by Gasteiger charge is 2.37. The Morgan fingerprint density at radius 2 is 1.73 bits per heavy atom. The highest BCUT2D eigenvalue weighted by atomic mass is 19.1. The fourth-order valence-corrected chi connectivity index (χ4v) is 5.01. The second-order valence-electron chi connectivity index (χ2n) is 9.29. The third-order valence-electron chi connectivity index (χ3n) is 7.08. The number of quaternary nitrogens is 1. The number of hydrogen-bond acceptors (Lipinski definition) is 4. The predicted molar refractivity (Wildman–Crippen MR) is 128 cm³/mol. The number of hydrogen-bond donors (Lipinski definition) is 0. The van der Waals surface area contributed by atoms with Crippen molar-refractivity contribution in [2.24, 2.45) is 0 Å². The van der Waals surface area contributed by atoms with Crippen LogP contribution in [0.4, 0.5) is 10.1 Å². The number of anilines is 1. The van der Waals surface area contributed by atoms with Gasteiger partial charge in [0.05, 0.1) is 37.9 Å². The number of aromatic nitrogens is 1. The predicted octanol–water partition coefficient (Wildman–Crippen LogP) is 4.90. The molecule has 0 bridgehead atoms. The van der Waals surface area contributed by atoms with E-state index in [0.29, 0.717) is 19.3 Å². The molecule has 0 amide bonds. The van der Waals surface area contributed by atoms with Gasteiger partial charge in [-0.2, -0.15) is 0 Å². The molecule has 2 aromatic carbocycles. The van der Waals surface area contributed by atoms with Gasteiger partial charge in [-0.05, 0) is 49.7 Å². The first-order chi connectivity index (χ1) is 16.0. The van der Waals surface area contributed by atoms with Gasteiger partial charge in [-0.1, -0.05) is 18.2 Å². The normalized spacial score (nSPS) is 17.3. The van der Waals surface area contributed by atoms with Crippen LogP contribution in [0.25, 0.3) is 11.1 Å². The van der Waals surface area contributed by atoms with Gasteiger partial charge in [0, 0.05) is 23.5 Å². The largest absolute Gasteiger partial charge is 0.486 e. The van der Waals surface area contributed by atoms with Crippen molar-refractivity contribution in [3.63, 3.8) is 0 Å². The van der Waals surface area contributed by atoms with Gasteiger partial charge in [-0.25, -0.2) is 4.39 Å². The molecule has 1 fully saturated rings. The Labute approximate surface area is 195 Å². The fourth-order valence-electron chi connectivity index (χ4n) is 5.01. The number of fused-ring (bicyclic) bond motifs is 1. The van der Waals surface area contributed by atoms with Gasteiger partial charge in [-0.3, -0.25) is 4.98 Å². The maximum absolute atomic E-state index is 13.3. The molecule has 172 valence electrons. The molecular weight excluding hydrogens is 417 g/mol. The van der Waals surface area contributed by atoms with Gasteiger partial charge in [0.2, 0.25) is 0 Å². The third kappa shape index (κ3) is 4.40. The van der Waals surface area contributed by atoms with Crippen molar-refractivity contribution in [3.05, 3.63) is 72.3 Å². The minimum absolute atomic E-state index is 0.221. The molecule has 0 saturated carbocycles. The van der Waals surface area contributed by atoms with Gasteiger partial charge in [0.15, 0.2) is 11.5 Å². The number of ether oxygens (including phenoxy) is 2. The molecule has 1 aromatic heterocycles. The van der Waals surface area contributed by atoms with Gasteiger partial charge >= 0.3 is 0 Å². The average molecular weight is 449 g/mol. The van der Waals surface area contributed by atoms with E-state index in [4.69, 9.17) is 9.47 Å². The number of nitrogens with zero attached hydrogens (tertiary/aromatic N) is 3. The maximum Gasteiger partial charge on any atom is 0.184 e. The van der Waals surface area contributed by atoms with Crippen LogP contribution in [0.3, 0.4) is 0 Å². The number of piperazine rings is 1. The summed E-state index contributed by atoms with van der Waals surface area (Å²) in [6.45, 7) is 10.8. The highest BCUT2D eigenvalue weighted by Crippen LogP contribution is 2.40. The van der Waals surface area contributed by atoms with E-state index in [1.54, 1.807) is 0 Å². The van der Waals surface area contributed by atoms with Crippen LogP contribution in [0.15, 0.2) is 60.9 Å². The van der Waals surface area contributed by atoms with Crippen LogP contribution in [0.1, 0.15) is 19.4 Å². The lowest BCUT2D eigenvalue weighted by molar-refractivity contribution is -0.960.